The zero-order chi connectivity index (χ0) is 18.9. The minimum absolute atomic E-state index is 0.0872. The van der Waals surface area contributed by atoms with Gasteiger partial charge in [0.1, 0.15) is 6.10 Å². The number of likely N-dealkylation sites (tertiary alicyclic amines) is 1. The van der Waals surface area contributed by atoms with Crippen LogP contribution in [0.25, 0.3) is 0 Å². The molecular weight excluding hydrogens is 336 g/mol. The van der Waals surface area contributed by atoms with Crippen LogP contribution in [0, 0.1) is 10.8 Å². The number of ether oxygens (including phenoxy) is 1. The van der Waals surface area contributed by atoms with Crippen molar-refractivity contribution in [2.24, 2.45) is 10.8 Å². The predicted octanol–water partition coefficient (Wildman–Crippen LogP) is 1.15. The number of carbonyl (C=O) groups is 2. The maximum absolute atomic E-state index is 12.8. The normalized spacial score (nSPS) is 21.2. The first-order valence-electron chi connectivity index (χ1n) is 9.16. The van der Waals surface area contributed by atoms with Gasteiger partial charge in [-0.1, -0.05) is 13.8 Å². The van der Waals surface area contributed by atoms with Gasteiger partial charge in [0.2, 0.25) is 0 Å². The number of carbonyl (C=O) groups excluding carboxylic acids is 2. The fourth-order valence-electron chi connectivity index (χ4n) is 3.73. The quantitative estimate of drug-likeness (QED) is 0.836. The number of hydrogen-bond acceptors (Lipinski definition) is 5. The Balaban J connectivity index is 1.68. The lowest BCUT2D eigenvalue weighted by Gasteiger charge is -2.33. The average Bonchev–Trinajstić information content (AvgIpc) is 3.28. The minimum atomic E-state index is -1.35. The highest BCUT2D eigenvalue weighted by Gasteiger charge is 2.41. The van der Waals surface area contributed by atoms with E-state index in [9.17, 15) is 19.8 Å². The van der Waals surface area contributed by atoms with Gasteiger partial charge in [-0.25, -0.2) is 0 Å². The maximum Gasteiger partial charge on any atom is 0.260 e. The molecule has 2 aliphatic rings. The fourth-order valence-corrected chi connectivity index (χ4v) is 3.73. The van der Waals surface area contributed by atoms with Gasteiger partial charge in [0, 0.05) is 44.1 Å². The second-order valence-electron chi connectivity index (χ2n) is 8.28. The molecule has 26 heavy (non-hydrogen) atoms. The van der Waals surface area contributed by atoms with Crippen molar-refractivity contribution in [3.63, 3.8) is 0 Å². The van der Waals surface area contributed by atoms with Crippen LogP contribution in [0.1, 0.15) is 48.3 Å². The van der Waals surface area contributed by atoms with Gasteiger partial charge in [-0.15, -0.1) is 0 Å². The largest absolute Gasteiger partial charge is 0.396 e. The van der Waals surface area contributed by atoms with Crippen LogP contribution < -0.4 is 0 Å². The molecule has 3 rings (SSSR count). The van der Waals surface area contributed by atoms with Crippen LogP contribution in [0.15, 0.2) is 18.5 Å². The Morgan fingerprint density at radius 1 is 1.31 bits per heavy atom. The fraction of sp³-hybridized carbons (Fsp3) is 0.684. The van der Waals surface area contributed by atoms with Gasteiger partial charge in [-0.3, -0.25) is 14.2 Å². The number of rotatable bonds is 4. The van der Waals surface area contributed by atoms with Gasteiger partial charge in [-0.2, -0.15) is 0 Å². The second kappa shape index (κ2) is 7.13. The van der Waals surface area contributed by atoms with E-state index in [0.717, 1.165) is 45.6 Å². The summed E-state index contributed by atoms with van der Waals surface area (Å²) in [6.07, 6.45) is 4.57. The summed E-state index contributed by atoms with van der Waals surface area (Å²) in [5.41, 5.74) is -0.333. The van der Waals surface area contributed by atoms with Crippen molar-refractivity contribution in [1.82, 2.24) is 9.47 Å². The summed E-state index contributed by atoms with van der Waals surface area (Å²) in [6.45, 7) is 5.88. The standard InChI is InChI=1S/C19H28N2O5/c1-18(2,13-22)15(23)17(25)20-7-3-14(11-20)16(24)21-8-4-19(12-21)5-9-26-10-6-19/h3,7,11,15,22-23H,4-6,8-10,12-13H2,1-2H3/t15-/m0/s1. The van der Waals surface area contributed by atoms with Crippen LogP contribution in [0.4, 0.5) is 0 Å². The number of amides is 1. The lowest BCUT2D eigenvalue weighted by atomic mass is 9.80. The van der Waals surface area contributed by atoms with Crippen LogP contribution >= 0.6 is 0 Å². The third kappa shape index (κ3) is 3.56. The van der Waals surface area contributed by atoms with Gasteiger partial charge in [-0.05, 0) is 30.7 Å². The van der Waals surface area contributed by atoms with Crippen LogP contribution in [-0.4, -0.2) is 70.5 Å². The molecule has 2 fully saturated rings. The van der Waals surface area contributed by atoms with E-state index in [1.54, 1.807) is 19.9 Å². The predicted molar refractivity (Wildman–Crippen MR) is 94.9 cm³/mol. The van der Waals surface area contributed by atoms with Gasteiger partial charge >= 0.3 is 0 Å². The van der Waals surface area contributed by atoms with Crippen molar-refractivity contribution in [2.45, 2.75) is 39.2 Å². The van der Waals surface area contributed by atoms with E-state index >= 15 is 0 Å². The lowest BCUT2D eigenvalue weighted by Crippen LogP contribution is -2.41. The number of aliphatic hydroxyl groups is 2. The molecule has 3 heterocycles. The molecule has 0 aromatic carbocycles. The molecule has 144 valence electrons. The molecule has 2 N–H and O–H groups in total. The van der Waals surface area contributed by atoms with Crippen molar-refractivity contribution in [3.8, 4) is 0 Å². The zero-order valence-corrected chi connectivity index (χ0v) is 15.5. The SMILES string of the molecule is CC(C)(CO)[C@@H](O)C(=O)n1ccc(C(=O)N2CCC3(CCOCC3)C2)c1. The summed E-state index contributed by atoms with van der Waals surface area (Å²) in [4.78, 5) is 27.1. The molecule has 0 radical (unpaired) electrons. The average molecular weight is 364 g/mol. The van der Waals surface area contributed by atoms with Gasteiger partial charge in [0.05, 0.1) is 12.2 Å². The second-order valence-corrected chi connectivity index (χ2v) is 8.28. The lowest BCUT2D eigenvalue weighted by molar-refractivity contribution is 0.00641. The molecule has 0 unspecified atom stereocenters. The maximum atomic E-state index is 12.8. The summed E-state index contributed by atoms with van der Waals surface area (Å²) >= 11 is 0. The molecular formula is C19H28N2O5. The topological polar surface area (TPSA) is 92.0 Å². The highest BCUT2D eigenvalue weighted by atomic mass is 16.5. The van der Waals surface area contributed by atoms with Crippen LogP contribution in [0.5, 0.6) is 0 Å². The monoisotopic (exact) mass is 364 g/mol. The Labute approximate surface area is 153 Å². The molecule has 7 heteroatoms. The smallest absolute Gasteiger partial charge is 0.260 e. The first-order valence-corrected chi connectivity index (χ1v) is 9.16. The Hall–Kier alpha value is -1.70. The number of aromatic nitrogens is 1. The molecule has 0 saturated carbocycles. The highest BCUT2D eigenvalue weighted by molar-refractivity contribution is 5.95. The van der Waals surface area contributed by atoms with Crippen LogP contribution in [0.2, 0.25) is 0 Å². The first-order chi connectivity index (χ1) is 12.3. The van der Waals surface area contributed by atoms with Crippen LogP contribution in [0.3, 0.4) is 0 Å². The number of nitrogens with zero attached hydrogens (tertiary/aromatic N) is 2. The highest BCUT2D eigenvalue weighted by Crippen LogP contribution is 2.40. The molecule has 1 atom stereocenters. The van der Waals surface area contributed by atoms with Crippen molar-refractivity contribution in [2.75, 3.05) is 32.9 Å². The van der Waals surface area contributed by atoms with E-state index in [1.807, 2.05) is 4.90 Å². The van der Waals surface area contributed by atoms with E-state index in [-0.39, 0.29) is 17.9 Å². The number of hydrogen-bond donors (Lipinski definition) is 2. The van der Waals surface area contributed by atoms with Gasteiger partial charge in [0.15, 0.2) is 0 Å². The molecule has 0 aliphatic carbocycles. The van der Waals surface area contributed by atoms with Crippen LogP contribution in [-0.2, 0) is 4.74 Å². The molecule has 1 aromatic heterocycles. The van der Waals surface area contributed by atoms with Crippen molar-refractivity contribution >= 4 is 11.8 Å². The summed E-state index contributed by atoms with van der Waals surface area (Å²) in [5, 5.41) is 19.5. The first kappa shape index (κ1) is 19.1. The molecule has 7 nitrogen and oxygen atoms in total. The van der Waals surface area contributed by atoms with E-state index in [4.69, 9.17) is 4.74 Å². The molecule has 2 aliphatic heterocycles. The van der Waals surface area contributed by atoms with Crippen molar-refractivity contribution < 1.29 is 24.5 Å². The molecule has 0 bridgehead atoms. The van der Waals surface area contributed by atoms with E-state index in [1.165, 1.54) is 17.0 Å². The summed E-state index contributed by atoms with van der Waals surface area (Å²) in [7, 11) is 0. The van der Waals surface area contributed by atoms with Crippen molar-refractivity contribution in [1.29, 1.82) is 0 Å². The van der Waals surface area contributed by atoms with Gasteiger partial charge < -0.3 is 19.8 Å². The van der Waals surface area contributed by atoms with Crippen molar-refractivity contribution in [3.05, 3.63) is 24.0 Å². The van der Waals surface area contributed by atoms with E-state index in [2.05, 4.69) is 0 Å². The molecule has 2 saturated heterocycles. The summed E-state index contributed by atoms with van der Waals surface area (Å²) in [5.74, 6) is -0.638. The van der Waals surface area contributed by atoms with E-state index < -0.39 is 17.4 Å². The zero-order valence-electron chi connectivity index (χ0n) is 15.5. The third-order valence-corrected chi connectivity index (χ3v) is 5.85. The Morgan fingerprint density at radius 3 is 2.65 bits per heavy atom. The van der Waals surface area contributed by atoms with E-state index in [0.29, 0.717) is 5.56 Å². The molecule has 1 aromatic rings. The Bertz CT molecular complexity index is 675. The Morgan fingerprint density at radius 2 is 2.00 bits per heavy atom. The Kier molecular flexibility index (Phi) is 5.23. The summed E-state index contributed by atoms with van der Waals surface area (Å²) in [6, 6.07) is 1.61. The minimum Gasteiger partial charge on any atom is -0.396 e. The van der Waals surface area contributed by atoms with Gasteiger partial charge in [0.25, 0.3) is 11.8 Å². The molecule has 1 spiro atoms. The molecule has 1 amide bonds. The number of aliphatic hydroxyl groups excluding tert-OH is 2. The third-order valence-electron chi connectivity index (χ3n) is 5.85. The summed E-state index contributed by atoms with van der Waals surface area (Å²) < 4.78 is 6.67.